The lowest BCUT2D eigenvalue weighted by atomic mass is 10.2. The molecule has 17 heavy (non-hydrogen) atoms. The molecular formula is C13H20N2O2. The van der Waals surface area contributed by atoms with E-state index < -0.39 is 0 Å². The van der Waals surface area contributed by atoms with Crippen LogP contribution in [-0.2, 0) is 11.2 Å². The molecule has 0 unspecified atom stereocenters. The van der Waals surface area contributed by atoms with Gasteiger partial charge in [0.15, 0.2) is 0 Å². The highest BCUT2D eigenvalue weighted by Crippen LogP contribution is 2.19. The van der Waals surface area contributed by atoms with E-state index in [9.17, 15) is 5.11 Å². The molecule has 0 amide bonds. The molecule has 0 aliphatic carbocycles. The third-order valence-electron chi connectivity index (χ3n) is 3.41. The van der Waals surface area contributed by atoms with Gasteiger partial charge in [-0.2, -0.15) is 0 Å². The third kappa shape index (κ3) is 3.25. The summed E-state index contributed by atoms with van der Waals surface area (Å²) in [6, 6.07) is 6.21. The highest BCUT2D eigenvalue weighted by Gasteiger charge is 2.30. The van der Waals surface area contributed by atoms with Crippen molar-refractivity contribution in [1.82, 2.24) is 9.88 Å². The molecule has 1 aliphatic rings. The number of pyridine rings is 1. The van der Waals surface area contributed by atoms with Crippen molar-refractivity contribution in [2.45, 2.75) is 25.0 Å². The van der Waals surface area contributed by atoms with E-state index in [1.165, 1.54) is 0 Å². The molecule has 1 aromatic rings. The predicted molar refractivity (Wildman–Crippen MR) is 65.8 cm³/mol. The molecule has 4 nitrogen and oxygen atoms in total. The Morgan fingerprint density at radius 1 is 1.53 bits per heavy atom. The zero-order chi connectivity index (χ0) is 12.1. The quantitative estimate of drug-likeness (QED) is 0.817. The smallest absolute Gasteiger partial charge is 0.0714 e. The minimum absolute atomic E-state index is 0.210. The summed E-state index contributed by atoms with van der Waals surface area (Å²) in [5.74, 6) is 0. The van der Waals surface area contributed by atoms with Crippen LogP contribution in [0.5, 0.6) is 0 Å². The van der Waals surface area contributed by atoms with Gasteiger partial charge in [0.25, 0.3) is 0 Å². The summed E-state index contributed by atoms with van der Waals surface area (Å²) in [7, 11) is 1.74. The van der Waals surface area contributed by atoms with Gasteiger partial charge in [0, 0.05) is 44.6 Å². The van der Waals surface area contributed by atoms with Crippen LogP contribution < -0.4 is 0 Å². The molecular weight excluding hydrogens is 216 g/mol. The minimum atomic E-state index is 0.210. The topological polar surface area (TPSA) is 45.6 Å². The first-order valence-electron chi connectivity index (χ1n) is 6.11. The number of nitrogens with zero attached hydrogens (tertiary/aromatic N) is 2. The molecule has 0 spiro atoms. The molecule has 2 atom stereocenters. The van der Waals surface area contributed by atoms with Gasteiger partial charge in [-0.15, -0.1) is 0 Å². The lowest BCUT2D eigenvalue weighted by Gasteiger charge is -2.21. The fourth-order valence-electron chi connectivity index (χ4n) is 2.38. The van der Waals surface area contributed by atoms with Crippen LogP contribution in [0.15, 0.2) is 24.4 Å². The minimum Gasteiger partial charge on any atom is -0.395 e. The molecule has 4 heteroatoms. The van der Waals surface area contributed by atoms with Crippen LogP contribution >= 0.6 is 0 Å². The molecule has 0 radical (unpaired) electrons. The van der Waals surface area contributed by atoms with Crippen LogP contribution in [0.2, 0.25) is 0 Å². The van der Waals surface area contributed by atoms with E-state index in [1.807, 2.05) is 24.4 Å². The Morgan fingerprint density at radius 3 is 3.06 bits per heavy atom. The Kier molecular flexibility index (Phi) is 4.48. The average Bonchev–Trinajstić information content (AvgIpc) is 2.80. The van der Waals surface area contributed by atoms with Crippen molar-refractivity contribution in [3.05, 3.63) is 30.1 Å². The SMILES string of the molecule is CO[C@@H]1C[C@@H](CO)N(CCc2ccccn2)C1. The predicted octanol–water partition coefficient (Wildman–Crippen LogP) is 0.706. The summed E-state index contributed by atoms with van der Waals surface area (Å²) in [6.07, 6.45) is 3.93. The monoisotopic (exact) mass is 236 g/mol. The molecule has 1 saturated heterocycles. The van der Waals surface area contributed by atoms with E-state index >= 15 is 0 Å². The highest BCUT2D eigenvalue weighted by atomic mass is 16.5. The molecule has 2 heterocycles. The van der Waals surface area contributed by atoms with Crippen LogP contribution in [0.1, 0.15) is 12.1 Å². The second-order valence-electron chi connectivity index (χ2n) is 4.50. The Labute approximate surface area is 102 Å². The van der Waals surface area contributed by atoms with Gasteiger partial charge in [0.05, 0.1) is 12.7 Å². The van der Waals surface area contributed by atoms with Gasteiger partial charge < -0.3 is 9.84 Å². The van der Waals surface area contributed by atoms with Crippen LogP contribution in [0.4, 0.5) is 0 Å². The first-order valence-corrected chi connectivity index (χ1v) is 6.11. The summed E-state index contributed by atoms with van der Waals surface area (Å²) in [5, 5.41) is 9.33. The fourth-order valence-corrected chi connectivity index (χ4v) is 2.38. The maximum Gasteiger partial charge on any atom is 0.0714 e. The molecule has 1 aromatic heterocycles. The number of methoxy groups -OCH3 is 1. The molecule has 94 valence electrons. The number of aliphatic hydroxyl groups is 1. The molecule has 0 aromatic carbocycles. The number of hydrogen-bond acceptors (Lipinski definition) is 4. The fraction of sp³-hybridized carbons (Fsp3) is 0.615. The Hall–Kier alpha value is -0.970. The van der Waals surface area contributed by atoms with Gasteiger partial charge in [-0.1, -0.05) is 6.07 Å². The van der Waals surface area contributed by atoms with Gasteiger partial charge >= 0.3 is 0 Å². The van der Waals surface area contributed by atoms with Crippen LogP contribution in [0.25, 0.3) is 0 Å². The summed E-state index contributed by atoms with van der Waals surface area (Å²) in [6.45, 7) is 2.05. The normalized spacial score (nSPS) is 25.3. The van der Waals surface area contributed by atoms with Crippen molar-refractivity contribution in [2.75, 3.05) is 26.8 Å². The number of aliphatic hydroxyl groups excluding tert-OH is 1. The largest absolute Gasteiger partial charge is 0.395 e. The molecule has 1 fully saturated rings. The van der Waals surface area contributed by atoms with Gasteiger partial charge in [-0.05, 0) is 18.6 Å². The second kappa shape index (κ2) is 6.10. The van der Waals surface area contributed by atoms with Gasteiger partial charge in [-0.3, -0.25) is 9.88 Å². The van der Waals surface area contributed by atoms with E-state index in [-0.39, 0.29) is 18.8 Å². The molecule has 2 rings (SSSR count). The van der Waals surface area contributed by atoms with Crippen molar-refractivity contribution in [2.24, 2.45) is 0 Å². The van der Waals surface area contributed by atoms with Crippen molar-refractivity contribution in [3.8, 4) is 0 Å². The highest BCUT2D eigenvalue weighted by molar-refractivity contribution is 5.04. The van der Waals surface area contributed by atoms with Crippen molar-refractivity contribution in [3.63, 3.8) is 0 Å². The number of aromatic nitrogens is 1. The first-order chi connectivity index (χ1) is 8.33. The Bertz CT molecular complexity index is 331. The van der Waals surface area contributed by atoms with Crippen molar-refractivity contribution < 1.29 is 9.84 Å². The number of ether oxygens (including phenoxy) is 1. The maximum absolute atomic E-state index is 9.33. The van der Waals surface area contributed by atoms with Gasteiger partial charge in [-0.25, -0.2) is 0 Å². The van der Waals surface area contributed by atoms with Crippen molar-refractivity contribution >= 4 is 0 Å². The summed E-state index contributed by atoms with van der Waals surface area (Å²) in [4.78, 5) is 6.60. The summed E-state index contributed by atoms with van der Waals surface area (Å²) in [5.41, 5.74) is 1.10. The van der Waals surface area contributed by atoms with Crippen LogP contribution in [0.3, 0.4) is 0 Å². The van der Waals surface area contributed by atoms with Gasteiger partial charge in [0.1, 0.15) is 0 Å². The zero-order valence-corrected chi connectivity index (χ0v) is 10.2. The standard InChI is InChI=1S/C13H20N2O2/c1-17-13-8-12(10-16)15(9-13)7-5-11-4-2-3-6-14-11/h2-4,6,12-13,16H,5,7-10H2,1H3/t12-,13+/m0/s1. The maximum atomic E-state index is 9.33. The van der Waals surface area contributed by atoms with E-state index in [1.54, 1.807) is 7.11 Å². The molecule has 0 saturated carbocycles. The van der Waals surface area contributed by atoms with E-state index in [0.717, 1.165) is 31.6 Å². The lowest BCUT2D eigenvalue weighted by Crippen LogP contribution is -2.34. The summed E-state index contributed by atoms with van der Waals surface area (Å²) < 4.78 is 5.36. The van der Waals surface area contributed by atoms with E-state index in [0.29, 0.717) is 0 Å². The Balaban J connectivity index is 1.86. The number of hydrogen-bond donors (Lipinski definition) is 1. The third-order valence-corrected chi connectivity index (χ3v) is 3.41. The van der Waals surface area contributed by atoms with E-state index in [4.69, 9.17) is 4.74 Å². The average molecular weight is 236 g/mol. The van der Waals surface area contributed by atoms with Gasteiger partial charge in [0.2, 0.25) is 0 Å². The first kappa shape index (κ1) is 12.5. The van der Waals surface area contributed by atoms with Crippen LogP contribution in [0, 0.1) is 0 Å². The Morgan fingerprint density at radius 2 is 2.41 bits per heavy atom. The zero-order valence-electron chi connectivity index (χ0n) is 10.2. The molecule has 1 aliphatic heterocycles. The summed E-state index contributed by atoms with van der Waals surface area (Å²) >= 11 is 0. The number of likely N-dealkylation sites (tertiary alicyclic amines) is 1. The lowest BCUT2D eigenvalue weighted by molar-refractivity contribution is 0.108. The van der Waals surface area contributed by atoms with E-state index in [2.05, 4.69) is 9.88 Å². The second-order valence-corrected chi connectivity index (χ2v) is 4.50. The van der Waals surface area contributed by atoms with Crippen molar-refractivity contribution in [1.29, 1.82) is 0 Å². The molecule has 1 N–H and O–H groups in total. The molecule has 0 bridgehead atoms. The van der Waals surface area contributed by atoms with Crippen LogP contribution in [-0.4, -0.2) is 53.9 Å². The number of rotatable bonds is 5.